The van der Waals surface area contributed by atoms with Gasteiger partial charge in [0.05, 0.1) is 23.3 Å². The molecule has 18 heavy (non-hydrogen) atoms. The second-order valence-electron chi connectivity index (χ2n) is 3.31. The molecule has 7 nitrogen and oxygen atoms in total. The van der Waals surface area contributed by atoms with Gasteiger partial charge in [-0.25, -0.2) is 4.39 Å². The fourth-order valence-corrected chi connectivity index (χ4v) is 1.15. The second kappa shape index (κ2) is 6.62. The zero-order valence-electron chi connectivity index (χ0n) is 9.39. The summed E-state index contributed by atoms with van der Waals surface area (Å²) in [5.74, 6) is -1.44. The highest BCUT2D eigenvalue weighted by atomic mass is 19.1. The van der Waals surface area contributed by atoms with Crippen molar-refractivity contribution in [2.24, 2.45) is 5.73 Å². The highest BCUT2D eigenvalue weighted by molar-refractivity contribution is 5.91. The lowest BCUT2D eigenvalue weighted by Gasteiger charge is -2.06. The van der Waals surface area contributed by atoms with Crippen LogP contribution in [0.4, 0.5) is 15.8 Å². The summed E-state index contributed by atoms with van der Waals surface area (Å²) in [6.07, 6.45) is 0. The van der Waals surface area contributed by atoms with E-state index >= 15 is 0 Å². The standard InChI is InChI=1S/C10H12FN3O4/c11-8-5-7(14(16)17)1-2-9(8)13-10(15)6-18-4-3-12/h1-2,5H,3-4,6,12H2,(H,13,15). The van der Waals surface area contributed by atoms with E-state index in [4.69, 9.17) is 10.5 Å². The third kappa shape index (κ3) is 4.07. The van der Waals surface area contributed by atoms with Gasteiger partial charge in [0.2, 0.25) is 5.91 Å². The van der Waals surface area contributed by atoms with Crippen LogP contribution in [0.5, 0.6) is 0 Å². The quantitative estimate of drug-likeness (QED) is 0.442. The number of benzene rings is 1. The van der Waals surface area contributed by atoms with Crippen molar-refractivity contribution >= 4 is 17.3 Å². The lowest BCUT2D eigenvalue weighted by atomic mass is 10.2. The van der Waals surface area contributed by atoms with E-state index in [-0.39, 0.29) is 31.1 Å². The van der Waals surface area contributed by atoms with Gasteiger partial charge in [-0.2, -0.15) is 0 Å². The molecule has 0 aliphatic heterocycles. The topological polar surface area (TPSA) is 107 Å². The van der Waals surface area contributed by atoms with Crippen LogP contribution in [-0.2, 0) is 9.53 Å². The Morgan fingerprint density at radius 1 is 1.56 bits per heavy atom. The minimum atomic E-state index is -0.878. The highest BCUT2D eigenvalue weighted by Gasteiger charge is 2.12. The van der Waals surface area contributed by atoms with Gasteiger partial charge in [-0.1, -0.05) is 0 Å². The number of nitrogens with one attached hydrogen (secondary N) is 1. The third-order valence-corrected chi connectivity index (χ3v) is 1.93. The van der Waals surface area contributed by atoms with Gasteiger partial charge in [-0.05, 0) is 6.07 Å². The van der Waals surface area contributed by atoms with Gasteiger partial charge >= 0.3 is 0 Å². The van der Waals surface area contributed by atoms with E-state index < -0.39 is 16.6 Å². The molecular formula is C10H12FN3O4. The highest BCUT2D eigenvalue weighted by Crippen LogP contribution is 2.20. The molecule has 0 aliphatic carbocycles. The number of ether oxygens (including phenoxy) is 1. The van der Waals surface area contributed by atoms with Crippen molar-refractivity contribution in [1.29, 1.82) is 0 Å². The van der Waals surface area contributed by atoms with Crippen molar-refractivity contribution < 1.29 is 18.8 Å². The largest absolute Gasteiger partial charge is 0.370 e. The number of nitrogens with two attached hydrogens (primary N) is 1. The molecule has 0 aromatic heterocycles. The Labute approximate surface area is 102 Å². The molecule has 1 amide bonds. The molecule has 0 saturated heterocycles. The van der Waals surface area contributed by atoms with Crippen LogP contribution in [0.1, 0.15) is 0 Å². The number of carbonyl (C=O) groups excluding carboxylic acids is 1. The number of rotatable bonds is 6. The molecule has 8 heteroatoms. The van der Waals surface area contributed by atoms with Crippen molar-refractivity contribution in [2.45, 2.75) is 0 Å². The van der Waals surface area contributed by atoms with Gasteiger partial charge in [-0.3, -0.25) is 14.9 Å². The van der Waals surface area contributed by atoms with Crippen LogP contribution >= 0.6 is 0 Å². The molecule has 0 atom stereocenters. The SMILES string of the molecule is NCCOCC(=O)Nc1ccc([N+](=O)[O-])cc1F. The van der Waals surface area contributed by atoms with E-state index in [0.717, 1.165) is 18.2 Å². The number of non-ortho nitro benzene ring substituents is 1. The first kappa shape index (κ1) is 14.0. The zero-order chi connectivity index (χ0) is 13.5. The predicted molar refractivity (Wildman–Crippen MR) is 61.6 cm³/mol. The first-order valence-corrected chi connectivity index (χ1v) is 5.06. The molecule has 0 aliphatic rings. The fraction of sp³-hybridized carbons (Fsp3) is 0.300. The Kier molecular flexibility index (Phi) is 5.15. The summed E-state index contributed by atoms with van der Waals surface area (Å²) in [5, 5.41) is 12.6. The summed E-state index contributed by atoms with van der Waals surface area (Å²) >= 11 is 0. The predicted octanol–water partition coefficient (Wildman–Crippen LogP) is 0.648. The minimum absolute atomic E-state index is 0.137. The van der Waals surface area contributed by atoms with Crippen LogP contribution in [0.3, 0.4) is 0 Å². The van der Waals surface area contributed by atoms with Crippen LogP contribution in [0.2, 0.25) is 0 Å². The Bertz CT molecular complexity index is 453. The Morgan fingerprint density at radius 3 is 2.83 bits per heavy atom. The smallest absolute Gasteiger partial charge is 0.272 e. The summed E-state index contributed by atoms with van der Waals surface area (Å²) in [7, 11) is 0. The Morgan fingerprint density at radius 2 is 2.28 bits per heavy atom. The van der Waals surface area contributed by atoms with Gasteiger partial charge in [0.25, 0.3) is 5.69 Å². The van der Waals surface area contributed by atoms with E-state index in [9.17, 15) is 19.3 Å². The van der Waals surface area contributed by atoms with Crippen molar-refractivity contribution in [3.63, 3.8) is 0 Å². The summed E-state index contributed by atoms with van der Waals surface area (Å²) in [4.78, 5) is 20.9. The molecule has 3 N–H and O–H groups in total. The number of carbonyl (C=O) groups is 1. The number of nitro groups is 1. The van der Waals surface area contributed by atoms with Gasteiger partial charge in [-0.15, -0.1) is 0 Å². The van der Waals surface area contributed by atoms with Gasteiger partial charge < -0.3 is 15.8 Å². The molecule has 0 unspecified atom stereocenters. The number of amides is 1. The molecule has 0 heterocycles. The number of nitrogens with zero attached hydrogens (tertiary/aromatic N) is 1. The monoisotopic (exact) mass is 257 g/mol. The lowest BCUT2D eigenvalue weighted by molar-refractivity contribution is -0.385. The summed E-state index contributed by atoms with van der Waals surface area (Å²) < 4.78 is 18.2. The van der Waals surface area contributed by atoms with Crippen molar-refractivity contribution in [2.75, 3.05) is 25.1 Å². The molecule has 0 saturated carbocycles. The second-order valence-corrected chi connectivity index (χ2v) is 3.31. The molecule has 0 bridgehead atoms. The maximum atomic E-state index is 13.4. The average molecular weight is 257 g/mol. The third-order valence-electron chi connectivity index (χ3n) is 1.93. The fourth-order valence-electron chi connectivity index (χ4n) is 1.15. The lowest BCUT2D eigenvalue weighted by Crippen LogP contribution is -2.21. The average Bonchev–Trinajstić information content (AvgIpc) is 2.32. The normalized spacial score (nSPS) is 10.1. The zero-order valence-corrected chi connectivity index (χ0v) is 9.39. The molecule has 0 radical (unpaired) electrons. The molecule has 1 rings (SSSR count). The van der Waals surface area contributed by atoms with E-state index in [1.165, 1.54) is 0 Å². The van der Waals surface area contributed by atoms with E-state index in [1.54, 1.807) is 0 Å². The number of nitro benzene ring substituents is 1. The summed E-state index contributed by atoms with van der Waals surface area (Å²) in [6.45, 7) is 0.239. The molecule has 98 valence electrons. The molecular weight excluding hydrogens is 245 g/mol. The number of anilines is 1. The van der Waals surface area contributed by atoms with Crippen molar-refractivity contribution in [1.82, 2.24) is 0 Å². The van der Waals surface area contributed by atoms with Crippen LogP contribution in [0.15, 0.2) is 18.2 Å². The Balaban J connectivity index is 2.62. The van der Waals surface area contributed by atoms with Gasteiger partial charge in [0.1, 0.15) is 6.61 Å². The number of halogens is 1. The Hall–Kier alpha value is -2.06. The minimum Gasteiger partial charge on any atom is -0.370 e. The van der Waals surface area contributed by atoms with E-state index in [2.05, 4.69) is 5.32 Å². The van der Waals surface area contributed by atoms with E-state index in [1.807, 2.05) is 0 Å². The number of hydrogen-bond donors (Lipinski definition) is 2. The van der Waals surface area contributed by atoms with Crippen molar-refractivity contribution in [3.05, 3.63) is 34.1 Å². The first-order valence-electron chi connectivity index (χ1n) is 5.06. The molecule has 0 fully saturated rings. The molecule has 0 spiro atoms. The van der Waals surface area contributed by atoms with Crippen LogP contribution in [0, 0.1) is 15.9 Å². The van der Waals surface area contributed by atoms with E-state index in [0.29, 0.717) is 0 Å². The van der Waals surface area contributed by atoms with Crippen LogP contribution in [-0.4, -0.2) is 30.6 Å². The van der Waals surface area contributed by atoms with Crippen LogP contribution in [0.25, 0.3) is 0 Å². The maximum absolute atomic E-state index is 13.4. The van der Waals surface area contributed by atoms with Gasteiger partial charge in [0, 0.05) is 12.6 Å². The number of hydrogen-bond acceptors (Lipinski definition) is 5. The summed E-state index contributed by atoms with van der Waals surface area (Å²) in [6, 6.07) is 2.95. The van der Waals surface area contributed by atoms with Crippen molar-refractivity contribution in [3.8, 4) is 0 Å². The maximum Gasteiger partial charge on any atom is 0.272 e. The molecule has 1 aromatic rings. The molecule has 1 aromatic carbocycles. The van der Waals surface area contributed by atoms with Gasteiger partial charge in [0.15, 0.2) is 5.82 Å². The summed E-state index contributed by atoms with van der Waals surface area (Å²) in [5.41, 5.74) is 4.63. The first-order chi connectivity index (χ1) is 8.54. The van der Waals surface area contributed by atoms with Crippen LogP contribution < -0.4 is 11.1 Å².